The molecule has 5 heteroatoms. The Labute approximate surface area is 146 Å². The second-order valence-corrected chi connectivity index (χ2v) is 7.41. The highest BCUT2D eigenvalue weighted by Crippen LogP contribution is 2.47. The lowest BCUT2D eigenvalue weighted by molar-refractivity contribution is -0.129. The van der Waals surface area contributed by atoms with Gasteiger partial charge in [0.25, 0.3) is 0 Å². The number of anilines is 2. The quantitative estimate of drug-likeness (QED) is 0.933. The Morgan fingerprint density at radius 3 is 2.29 bits per heavy atom. The van der Waals surface area contributed by atoms with Crippen molar-refractivity contribution in [2.45, 2.75) is 28.7 Å². The number of carbonyl (C=O) groups is 1. The zero-order valence-electron chi connectivity index (χ0n) is 13.5. The van der Waals surface area contributed by atoms with Gasteiger partial charge in [-0.2, -0.15) is 0 Å². The molecule has 0 aliphatic carbocycles. The molecule has 24 heavy (non-hydrogen) atoms. The third-order valence-corrected chi connectivity index (χ3v) is 5.79. The van der Waals surface area contributed by atoms with Gasteiger partial charge in [-0.15, -0.1) is 0 Å². The van der Waals surface area contributed by atoms with Crippen LogP contribution in [0.2, 0.25) is 0 Å². The Hall–Kier alpha value is -1.98. The molecule has 1 atom stereocenters. The van der Waals surface area contributed by atoms with Crippen LogP contribution in [0.25, 0.3) is 0 Å². The van der Waals surface area contributed by atoms with E-state index in [0.29, 0.717) is 19.5 Å². The van der Waals surface area contributed by atoms with E-state index in [0.717, 1.165) is 13.0 Å². The van der Waals surface area contributed by atoms with Gasteiger partial charge in [0, 0.05) is 41.9 Å². The minimum Gasteiger partial charge on any atom is -0.341 e. The molecule has 0 bridgehead atoms. The molecule has 2 N–H and O–H groups in total. The van der Waals surface area contributed by atoms with E-state index in [-0.39, 0.29) is 11.9 Å². The number of benzene rings is 2. The van der Waals surface area contributed by atoms with E-state index in [1.165, 1.54) is 21.2 Å². The van der Waals surface area contributed by atoms with Gasteiger partial charge in [0.05, 0.1) is 11.4 Å². The first kappa shape index (κ1) is 15.5. The lowest BCUT2D eigenvalue weighted by Gasteiger charge is -2.33. The first-order chi connectivity index (χ1) is 11.7. The Kier molecular flexibility index (Phi) is 4.21. The summed E-state index contributed by atoms with van der Waals surface area (Å²) in [5.41, 5.74) is 8.30. The number of hydrogen-bond donors (Lipinski definition) is 1. The van der Waals surface area contributed by atoms with Crippen LogP contribution < -0.4 is 10.6 Å². The maximum absolute atomic E-state index is 12.5. The number of hydrogen-bond acceptors (Lipinski definition) is 4. The first-order valence-corrected chi connectivity index (χ1v) is 9.21. The van der Waals surface area contributed by atoms with Crippen molar-refractivity contribution < 1.29 is 4.79 Å². The number of fused-ring (bicyclic) bond motifs is 2. The molecule has 2 aromatic carbocycles. The molecule has 0 saturated carbocycles. The van der Waals surface area contributed by atoms with Crippen LogP contribution in [0.4, 0.5) is 11.4 Å². The molecule has 2 aliphatic rings. The summed E-state index contributed by atoms with van der Waals surface area (Å²) in [6.45, 7) is 2.18. The molecule has 0 spiro atoms. The lowest BCUT2D eigenvalue weighted by Crippen LogP contribution is -2.34. The number of carbonyl (C=O) groups excluding carboxylic acids is 1. The number of likely N-dealkylation sites (tertiary alicyclic amines) is 1. The van der Waals surface area contributed by atoms with Crippen LogP contribution >= 0.6 is 11.8 Å². The van der Waals surface area contributed by atoms with Gasteiger partial charge in [-0.3, -0.25) is 4.79 Å². The Bertz CT molecular complexity index is 718. The summed E-state index contributed by atoms with van der Waals surface area (Å²) < 4.78 is 0. The van der Waals surface area contributed by atoms with E-state index in [1.54, 1.807) is 11.8 Å². The lowest BCUT2D eigenvalue weighted by atomic mass is 10.2. The Morgan fingerprint density at radius 1 is 1.08 bits per heavy atom. The van der Waals surface area contributed by atoms with E-state index in [9.17, 15) is 4.79 Å². The van der Waals surface area contributed by atoms with Gasteiger partial charge < -0.3 is 15.5 Å². The van der Waals surface area contributed by atoms with Gasteiger partial charge in [0.15, 0.2) is 0 Å². The van der Waals surface area contributed by atoms with Crippen molar-refractivity contribution in [2.75, 3.05) is 24.5 Å². The molecule has 0 aromatic heterocycles. The zero-order valence-corrected chi connectivity index (χ0v) is 14.3. The van der Waals surface area contributed by atoms with Gasteiger partial charge in [-0.05, 0) is 30.7 Å². The maximum atomic E-state index is 12.5. The predicted octanol–water partition coefficient (Wildman–Crippen LogP) is 3.24. The fourth-order valence-corrected chi connectivity index (χ4v) is 4.50. The van der Waals surface area contributed by atoms with Gasteiger partial charge in [-0.25, -0.2) is 0 Å². The molecule has 2 heterocycles. The second kappa shape index (κ2) is 6.49. The maximum Gasteiger partial charge on any atom is 0.224 e. The standard InChI is InChI=1S/C19H21N3OS/c20-14-9-11-21(13-14)19(23)10-12-22-15-5-1-3-7-17(15)24-18-8-4-2-6-16(18)22/h1-8,14H,9-13,20H2/t14-/m1/s1. The molecule has 1 fully saturated rings. The van der Waals surface area contributed by atoms with E-state index >= 15 is 0 Å². The van der Waals surface area contributed by atoms with Crippen LogP contribution in [0.1, 0.15) is 12.8 Å². The van der Waals surface area contributed by atoms with Crippen molar-refractivity contribution in [3.05, 3.63) is 48.5 Å². The molecular weight excluding hydrogens is 318 g/mol. The van der Waals surface area contributed by atoms with E-state index in [1.807, 2.05) is 4.90 Å². The monoisotopic (exact) mass is 339 g/mol. The van der Waals surface area contributed by atoms with E-state index < -0.39 is 0 Å². The van der Waals surface area contributed by atoms with Gasteiger partial charge in [-0.1, -0.05) is 36.0 Å². The van der Waals surface area contributed by atoms with Gasteiger partial charge >= 0.3 is 0 Å². The van der Waals surface area contributed by atoms with Crippen LogP contribution in [-0.4, -0.2) is 36.5 Å². The van der Waals surface area contributed by atoms with Crippen LogP contribution in [0.15, 0.2) is 58.3 Å². The topological polar surface area (TPSA) is 49.6 Å². The van der Waals surface area contributed by atoms with E-state index in [2.05, 4.69) is 53.4 Å². The SMILES string of the molecule is N[C@@H]1CCN(C(=O)CCN2c3ccccc3Sc3ccccc32)C1. The second-order valence-electron chi connectivity index (χ2n) is 6.33. The Balaban J connectivity index is 1.55. The van der Waals surface area contributed by atoms with Crippen LogP contribution in [-0.2, 0) is 4.79 Å². The molecular formula is C19H21N3OS. The summed E-state index contributed by atoms with van der Waals surface area (Å²) in [6.07, 6.45) is 1.43. The zero-order chi connectivity index (χ0) is 16.5. The van der Waals surface area contributed by atoms with Gasteiger partial charge in [0.1, 0.15) is 0 Å². The molecule has 4 rings (SSSR count). The molecule has 1 amide bonds. The van der Waals surface area contributed by atoms with Crippen molar-refractivity contribution in [1.29, 1.82) is 0 Å². The fraction of sp³-hybridized carbons (Fsp3) is 0.316. The molecule has 1 saturated heterocycles. The van der Waals surface area contributed by atoms with Crippen molar-refractivity contribution in [3.63, 3.8) is 0 Å². The van der Waals surface area contributed by atoms with Crippen molar-refractivity contribution in [2.24, 2.45) is 5.73 Å². The molecule has 2 aliphatic heterocycles. The first-order valence-electron chi connectivity index (χ1n) is 8.39. The third kappa shape index (κ3) is 2.89. The third-order valence-electron chi connectivity index (χ3n) is 4.66. The average Bonchev–Trinajstić information content (AvgIpc) is 3.05. The molecule has 0 unspecified atom stereocenters. The summed E-state index contributed by atoms with van der Waals surface area (Å²) in [5, 5.41) is 0. The highest BCUT2D eigenvalue weighted by molar-refractivity contribution is 7.99. The molecule has 2 aromatic rings. The van der Waals surface area contributed by atoms with Crippen LogP contribution in [0.5, 0.6) is 0 Å². The number of para-hydroxylation sites is 2. The minimum atomic E-state index is 0.141. The van der Waals surface area contributed by atoms with Crippen LogP contribution in [0, 0.1) is 0 Å². The van der Waals surface area contributed by atoms with Crippen molar-refractivity contribution >= 4 is 29.0 Å². The summed E-state index contributed by atoms with van der Waals surface area (Å²) in [6, 6.07) is 16.9. The van der Waals surface area contributed by atoms with Gasteiger partial charge in [0.2, 0.25) is 5.91 Å². The number of nitrogens with zero attached hydrogens (tertiary/aromatic N) is 2. The predicted molar refractivity (Wildman–Crippen MR) is 97.8 cm³/mol. The summed E-state index contributed by atoms with van der Waals surface area (Å²) >= 11 is 1.79. The van der Waals surface area contributed by atoms with Crippen molar-refractivity contribution in [1.82, 2.24) is 4.90 Å². The number of amides is 1. The Morgan fingerprint density at radius 2 is 1.71 bits per heavy atom. The van der Waals surface area contributed by atoms with Crippen molar-refractivity contribution in [3.8, 4) is 0 Å². The normalized spacial score (nSPS) is 19.1. The average molecular weight is 339 g/mol. The minimum absolute atomic E-state index is 0.141. The fourth-order valence-electron chi connectivity index (χ4n) is 3.40. The summed E-state index contributed by atoms with van der Waals surface area (Å²) in [7, 11) is 0. The smallest absolute Gasteiger partial charge is 0.224 e. The molecule has 124 valence electrons. The molecule has 0 radical (unpaired) electrons. The highest BCUT2D eigenvalue weighted by atomic mass is 32.2. The summed E-state index contributed by atoms with van der Waals surface area (Å²) in [4.78, 5) is 19.2. The van der Waals surface area contributed by atoms with E-state index in [4.69, 9.17) is 5.73 Å². The molecule has 4 nitrogen and oxygen atoms in total. The van der Waals surface area contributed by atoms with Crippen LogP contribution in [0.3, 0.4) is 0 Å². The number of nitrogens with two attached hydrogens (primary N) is 1. The highest BCUT2D eigenvalue weighted by Gasteiger charge is 2.26. The largest absolute Gasteiger partial charge is 0.341 e. The number of rotatable bonds is 3. The summed E-state index contributed by atoms with van der Waals surface area (Å²) in [5.74, 6) is 0.205.